The lowest BCUT2D eigenvalue weighted by atomic mass is 9.98. The maximum atomic E-state index is 10.8. The van der Waals surface area contributed by atoms with Crippen LogP contribution in [0.5, 0.6) is 0 Å². The fraction of sp³-hybridized carbons (Fsp3) is 0.167. The van der Waals surface area contributed by atoms with Gasteiger partial charge in [0.25, 0.3) is 0 Å². The molecule has 0 saturated carbocycles. The van der Waals surface area contributed by atoms with Crippen LogP contribution in [0.15, 0.2) is 23.1 Å². The molecule has 3 heteroatoms. The van der Waals surface area contributed by atoms with Crippen LogP contribution in [0, 0.1) is 0 Å². The summed E-state index contributed by atoms with van der Waals surface area (Å²) >= 11 is 0. The molecule has 0 aromatic carbocycles. The van der Waals surface area contributed by atoms with Crippen molar-refractivity contribution < 1.29 is 0 Å². The molecule has 0 atom stereocenters. The van der Waals surface area contributed by atoms with Crippen molar-refractivity contribution in [3.05, 3.63) is 28.7 Å². The van der Waals surface area contributed by atoms with Crippen LogP contribution in [0.1, 0.15) is 0 Å². The molecular formula is C6H8BNO. The summed E-state index contributed by atoms with van der Waals surface area (Å²) in [7, 11) is 3.64. The molecule has 0 N–H and O–H groups in total. The minimum Gasteiger partial charge on any atom is -0.319 e. The van der Waals surface area contributed by atoms with Gasteiger partial charge in [-0.2, -0.15) is 0 Å². The molecule has 46 valence electrons. The monoisotopic (exact) mass is 121 g/mol. The topological polar surface area (TPSA) is 22.0 Å². The first-order valence-electron chi connectivity index (χ1n) is 2.83. The summed E-state index contributed by atoms with van der Waals surface area (Å²) in [4.78, 5) is 10.8. The van der Waals surface area contributed by atoms with E-state index in [0.717, 1.165) is 5.46 Å². The molecule has 9 heavy (non-hydrogen) atoms. The van der Waals surface area contributed by atoms with E-state index in [1.165, 1.54) is 0 Å². The van der Waals surface area contributed by atoms with Gasteiger partial charge in [0.05, 0.1) is 0 Å². The van der Waals surface area contributed by atoms with Crippen molar-refractivity contribution in [1.29, 1.82) is 0 Å². The second-order valence-electron chi connectivity index (χ2n) is 2.15. The zero-order valence-corrected chi connectivity index (χ0v) is 5.59. The standard InChI is InChI=1S/C6H8BNO/c1-8-3-2-5(7)4-6(8)9/h2-4H,7H2,1H3. The van der Waals surface area contributed by atoms with Crippen molar-refractivity contribution in [3.63, 3.8) is 0 Å². The van der Waals surface area contributed by atoms with Crippen LogP contribution in [0.25, 0.3) is 0 Å². The summed E-state index contributed by atoms with van der Waals surface area (Å²) in [6.07, 6.45) is 1.76. The summed E-state index contributed by atoms with van der Waals surface area (Å²) < 4.78 is 1.55. The van der Waals surface area contributed by atoms with Gasteiger partial charge in [-0.1, -0.05) is 11.5 Å². The second-order valence-corrected chi connectivity index (χ2v) is 2.15. The van der Waals surface area contributed by atoms with Crippen LogP contribution in [0.2, 0.25) is 0 Å². The lowest BCUT2D eigenvalue weighted by molar-refractivity contribution is 0.863. The van der Waals surface area contributed by atoms with Gasteiger partial charge >= 0.3 is 0 Å². The van der Waals surface area contributed by atoms with E-state index in [-0.39, 0.29) is 5.56 Å². The van der Waals surface area contributed by atoms with Crippen LogP contribution < -0.4 is 11.0 Å². The minimum absolute atomic E-state index is 0.0509. The van der Waals surface area contributed by atoms with E-state index in [1.807, 2.05) is 13.9 Å². The largest absolute Gasteiger partial charge is 0.319 e. The average Bonchev–Trinajstić information content (AvgIpc) is 1.80. The smallest absolute Gasteiger partial charge is 0.249 e. The summed E-state index contributed by atoms with van der Waals surface area (Å²) in [6.45, 7) is 0. The van der Waals surface area contributed by atoms with Gasteiger partial charge < -0.3 is 4.57 Å². The highest BCUT2D eigenvalue weighted by molar-refractivity contribution is 6.32. The van der Waals surface area contributed by atoms with Gasteiger partial charge in [0, 0.05) is 13.2 Å². The van der Waals surface area contributed by atoms with Crippen molar-refractivity contribution in [1.82, 2.24) is 4.57 Å². The molecule has 1 heterocycles. The molecule has 0 amide bonds. The number of aryl methyl sites for hydroxylation is 1. The Balaban J connectivity index is 3.34. The van der Waals surface area contributed by atoms with E-state index in [1.54, 1.807) is 23.9 Å². The molecular weight excluding hydrogens is 113 g/mol. The van der Waals surface area contributed by atoms with E-state index in [4.69, 9.17) is 0 Å². The highest BCUT2D eigenvalue weighted by Gasteiger charge is 1.86. The van der Waals surface area contributed by atoms with Gasteiger partial charge in [-0.15, -0.1) is 0 Å². The average molecular weight is 121 g/mol. The highest BCUT2D eigenvalue weighted by Crippen LogP contribution is 1.69. The Morgan fingerprint density at radius 2 is 2.33 bits per heavy atom. The van der Waals surface area contributed by atoms with Gasteiger partial charge in [0.15, 0.2) is 0 Å². The third-order valence-electron chi connectivity index (χ3n) is 1.26. The van der Waals surface area contributed by atoms with Crippen LogP contribution >= 0.6 is 0 Å². The van der Waals surface area contributed by atoms with E-state index < -0.39 is 0 Å². The van der Waals surface area contributed by atoms with E-state index in [0.29, 0.717) is 0 Å². The SMILES string of the molecule is Bc1ccn(C)c(=O)c1. The number of pyridine rings is 1. The first-order chi connectivity index (χ1) is 4.20. The summed E-state index contributed by atoms with van der Waals surface area (Å²) in [6, 6.07) is 3.52. The molecule has 0 radical (unpaired) electrons. The lowest BCUT2D eigenvalue weighted by Crippen LogP contribution is -2.20. The van der Waals surface area contributed by atoms with Gasteiger partial charge in [0.1, 0.15) is 7.85 Å². The first kappa shape index (κ1) is 6.14. The second kappa shape index (κ2) is 2.09. The molecule has 0 aliphatic carbocycles. The van der Waals surface area contributed by atoms with E-state index >= 15 is 0 Å². The van der Waals surface area contributed by atoms with E-state index in [9.17, 15) is 4.79 Å². The summed E-state index contributed by atoms with van der Waals surface area (Å²) in [5.41, 5.74) is 1.06. The zero-order valence-electron chi connectivity index (χ0n) is 5.59. The Bertz CT molecular complexity index is 266. The quantitative estimate of drug-likeness (QED) is 0.388. The maximum absolute atomic E-state index is 10.8. The van der Waals surface area contributed by atoms with Crippen LogP contribution in [0.4, 0.5) is 0 Å². The molecule has 0 saturated heterocycles. The zero-order chi connectivity index (χ0) is 6.85. The third kappa shape index (κ3) is 1.22. The lowest BCUT2D eigenvalue weighted by Gasteiger charge is -1.94. The van der Waals surface area contributed by atoms with Crippen molar-refractivity contribution in [2.45, 2.75) is 0 Å². The number of rotatable bonds is 0. The van der Waals surface area contributed by atoms with E-state index in [2.05, 4.69) is 0 Å². The Hall–Kier alpha value is -0.985. The van der Waals surface area contributed by atoms with Crippen molar-refractivity contribution in [3.8, 4) is 0 Å². The van der Waals surface area contributed by atoms with Crippen LogP contribution in [-0.2, 0) is 7.05 Å². The third-order valence-corrected chi connectivity index (χ3v) is 1.26. The molecule has 0 spiro atoms. The van der Waals surface area contributed by atoms with Crippen molar-refractivity contribution >= 4 is 13.3 Å². The molecule has 2 nitrogen and oxygen atoms in total. The fourth-order valence-corrected chi connectivity index (χ4v) is 0.648. The predicted molar refractivity (Wildman–Crippen MR) is 39.9 cm³/mol. The molecule has 1 aromatic rings. The van der Waals surface area contributed by atoms with Gasteiger partial charge in [-0.3, -0.25) is 4.79 Å². The Morgan fingerprint density at radius 3 is 2.78 bits per heavy atom. The van der Waals surface area contributed by atoms with Crippen LogP contribution in [0.3, 0.4) is 0 Å². The van der Waals surface area contributed by atoms with Crippen molar-refractivity contribution in [2.75, 3.05) is 0 Å². The predicted octanol–water partition coefficient (Wildman–Crippen LogP) is -1.36. The molecule has 1 aromatic heterocycles. The molecule has 1 rings (SSSR count). The van der Waals surface area contributed by atoms with Gasteiger partial charge in [-0.25, -0.2) is 0 Å². The number of nitrogens with zero attached hydrogens (tertiary/aromatic N) is 1. The molecule has 0 bridgehead atoms. The first-order valence-corrected chi connectivity index (χ1v) is 2.83. The normalized spacial score (nSPS) is 9.44. The highest BCUT2D eigenvalue weighted by atomic mass is 16.1. The number of aromatic nitrogens is 1. The maximum Gasteiger partial charge on any atom is 0.249 e. The number of hydrogen-bond donors (Lipinski definition) is 0. The van der Waals surface area contributed by atoms with Crippen LogP contribution in [-0.4, -0.2) is 12.4 Å². The Kier molecular flexibility index (Phi) is 1.43. The number of hydrogen-bond acceptors (Lipinski definition) is 1. The Labute approximate surface area is 54.5 Å². The fourth-order valence-electron chi connectivity index (χ4n) is 0.648. The molecule has 0 fully saturated rings. The minimum atomic E-state index is 0.0509. The molecule has 0 aliphatic heterocycles. The van der Waals surface area contributed by atoms with Gasteiger partial charge in [-0.05, 0) is 6.07 Å². The van der Waals surface area contributed by atoms with Crippen molar-refractivity contribution in [2.24, 2.45) is 7.05 Å². The molecule has 0 unspecified atom stereocenters. The Morgan fingerprint density at radius 1 is 1.67 bits per heavy atom. The van der Waals surface area contributed by atoms with Gasteiger partial charge in [0.2, 0.25) is 5.56 Å². The molecule has 0 aliphatic rings. The summed E-state index contributed by atoms with van der Waals surface area (Å²) in [5.74, 6) is 0. The summed E-state index contributed by atoms with van der Waals surface area (Å²) in [5, 5.41) is 0.